The molecule has 3 nitrogen and oxygen atoms in total. The molecule has 0 aromatic heterocycles. The van der Waals surface area contributed by atoms with E-state index in [2.05, 4.69) is 24.8 Å². The highest BCUT2D eigenvalue weighted by Gasteiger charge is 2.25. The highest BCUT2D eigenvalue weighted by atomic mass is 15.2. The fourth-order valence-corrected chi connectivity index (χ4v) is 2.60. The van der Waals surface area contributed by atoms with Crippen molar-refractivity contribution in [3.05, 3.63) is 0 Å². The Bertz CT molecular complexity index is 272. The summed E-state index contributed by atoms with van der Waals surface area (Å²) in [5.41, 5.74) is 5.26. The first-order chi connectivity index (χ1) is 8.44. The molecule has 0 aliphatic heterocycles. The Hall–Kier alpha value is -0.590. The van der Waals surface area contributed by atoms with E-state index in [1.54, 1.807) is 0 Å². The van der Waals surface area contributed by atoms with Gasteiger partial charge in [0.1, 0.15) is 5.54 Å². The first kappa shape index (κ1) is 15.5. The van der Waals surface area contributed by atoms with Gasteiger partial charge in [0.25, 0.3) is 0 Å². The van der Waals surface area contributed by atoms with Crippen LogP contribution in [0.15, 0.2) is 0 Å². The van der Waals surface area contributed by atoms with Crippen LogP contribution in [0.5, 0.6) is 0 Å². The molecule has 0 bridgehead atoms. The van der Waals surface area contributed by atoms with Gasteiger partial charge in [0.05, 0.1) is 6.07 Å². The van der Waals surface area contributed by atoms with Gasteiger partial charge in [-0.3, -0.25) is 0 Å². The van der Waals surface area contributed by atoms with Crippen molar-refractivity contribution in [2.45, 2.75) is 70.9 Å². The molecule has 18 heavy (non-hydrogen) atoms. The molecule has 1 saturated carbocycles. The summed E-state index contributed by atoms with van der Waals surface area (Å²) in [5, 5.41) is 9.00. The minimum Gasteiger partial charge on any atom is -0.314 e. The van der Waals surface area contributed by atoms with Crippen LogP contribution in [0.3, 0.4) is 0 Å². The number of rotatable bonds is 7. The molecule has 0 aromatic carbocycles. The van der Waals surface area contributed by atoms with E-state index in [1.165, 1.54) is 32.1 Å². The molecule has 2 N–H and O–H groups in total. The van der Waals surface area contributed by atoms with Crippen molar-refractivity contribution in [1.82, 2.24) is 4.90 Å². The Morgan fingerprint density at radius 3 is 2.44 bits per heavy atom. The van der Waals surface area contributed by atoms with E-state index in [1.807, 2.05) is 6.92 Å². The fraction of sp³-hybridized carbons (Fsp3) is 0.933. The average molecular weight is 251 g/mol. The Kier molecular flexibility index (Phi) is 6.11. The van der Waals surface area contributed by atoms with Gasteiger partial charge in [0.15, 0.2) is 0 Å². The second-order valence-corrected chi connectivity index (χ2v) is 6.44. The van der Waals surface area contributed by atoms with Gasteiger partial charge < -0.3 is 10.6 Å². The predicted molar refractivity (Wildman–Crippen MR) is 76.1 cm³/mol. The van der Waals surface area contributed by atoms with Crippen molar-refractivity contribution >= 4 is 0 Å². The molecule has 0 aromatic rings. The van der Waals surface area contributed by atoms with Gasteiger partial charge in [-0.1, -0.05) is 26.7 Å². The van der Waals surface area contributed by atoms with Gasteiger partial charge in [-0.25, -0.2) is 0 Å². The monoisotopic (exact) mass is 251 g/mol. The van der Waals surface area contributed by atoms with Gasteiger partial charge in [0.2, 0.25) is 0 Å². The van der Waals surface area contributed by atoms with E-state index in [0.29, 0.717) is 0 Å². The largest absolute Gasteiger partial charge is 0.314 e. The summed E-state index contributed by atoms with van der Waals surface area (Å²) in [7, 11) is 0. The van der Waals surface area contributed by atoms with Crippen LogP contribution in [0.2, 0.25) is 0 Å². The van der Waals surface area contributed by atoms with Crippen LogP contribution < -0.4 is 5.73 Å². The highest BCUT2D eigenvalue weighted by Crippen LogP contribution is 2.25. The predicted octanol–water partition coefficient (Wildman–Crippen LogP) is 2.91. The molecule has 3 heteroatoms. The van der Waals surface area contributed by atoms with Crippen LogP contribution in [-0.4, -0.2) is 29.6 Å². The molecule has 0 radical (unpaired) electrons. The minimum absolute atomic E-state index is 0.672. The van der Waals surface area contributed by atoms with Gasteiger partial charge in [-0.2, -0.15) is 5.26 Å². The standard InChI is InChI=1S/C15H29N3/c1-13(2)8-10-18(14-6-4-5-7-14)11-9-15(3,17)12-16/h13-14H,4-11,17H2,1-3H3. The molecule has 1 rings (SSSR count). The molecule has 104 valence electrons. The van der Waals surface area contributed by atoms with Crippen LogP contribution >= 0.6 is 0 Å². The van der Waals surface area contributed by atoms with E-state index in [4.69, 9.17) is 11.0 Å². The number of nitrogens with two attached hydrogens (primary N) is 1. The van der Waals surface area contributed by atoms with Crippen molar-refractivity contribution in [3.8, 4) is 6.07 Å². The maximum absolute atomic E-state index is 9.00. The molecule has 1 atom stereocenters. The van der Waals surface area contributed by atoms with E-state index in [9.17, 15) is 0 Å². The third kappa shape index (κ3) is 5.37. The van der Waals surface area contributed by atoms with Crippen LogP contribution in [0.4, 0.5) is 0 Å². The first-order valence-electron chi connectivity index (χ1n) is 7.39. The molecule has 1 aliphatic carbocycles. The Balaban J connectivity index is 2.46. The summed E-state index contributed by atoms with van der Waals surface area (Å²) in [6.07, 6.45) is 7.39. The lowest BCUT2D eigenvalue weighted by Crippen LogP contribution is -2.42. The van der Waals surface area contributed by atoms with Crippen molar-refractivity contribution in [2.24, 2.45) is 11.7 Å². The summed E-state index contributed by atoms with van der Waals surface area (Å²) in [6, 6.07) is 2.94. The zero-order valence-corrected chi connectivity index (χ0v) is 12.3. The lowest BCUT2D eigenvalue weighted by molar-refractivity contribution is 0.178. The molecule has 0 saturated heterocycles. The van der Waals surface area contributed by atoms with E-state index in [0.717, 1.165) is 31.5 Å². The third-order valence-electron chi connectivity index (χ3n) is 4.01. The van der Waals surface area contributed by atoms with E-state index < -0.39 is 5.54 Å². The SMILES string of the molecule is CC(C)CCN(CCC(C)(N)C#N)C1CCCC1. The summed E-state index contributed by atoms with van der Waals surface area (Å²) in [5.74, 6) is 0.745. The minimum atomic E-state index is -0.672. The highest BCUT2D eigenvalue weighted by molar-refractivity contribution is 5.01. The lowest BCUT2D eigenvalue weighted by Gasteiger charge is -2.31. The first-order valence-corrected chi connectivity index (χ1v) is 7.39. The topological polar surface area (TPSA) is 53.0 Å². The van der Waals surface area contributed by atoms with Crippen molar-refractivity contribution in [1.29, 1.82) is 5.26 Å². The summed E-state index contributed by atoms with van der Waals surface area (Å²) in [6.45, 7) is 8.51. The summed E-state index contributed by atoms with van der Waals surface area (Å²) >= 11 is 0. The van der Waals surface area contributed by atoms with Crippen molar-refractivity contribution in [3.63, 3.8) is 0 Å². The van der Waals surface area contributed by atoms with Crippen LogP contribution in [0.25, 0.3) is 0 Å². The quantitative estimate of drug-likeness (QED) is 0.757. The number of hydrogen-bond donors (Lipinski definition) is 1. The second kappa shape index (κ2) is 7.11. The van der Waals surface area contributed by atoms with Gasteiger partial charge in [-0.15, -0.1) is 0 Å². The average Bonchev–Trinajstić information content (AvgIpc) is 2.82. The van der Waals surface area contributed by atoms with Crippen molar-refractivity contribution in [2.75, 3.05) is 13.1 Å². The second-order valence-electron chi connectivity index (χ2n) is 6.44. The van der Waals surface area contributed by atoms with Gasteiger partial charge >= 0.3 is 0 Å². The normalized spacial score (nSPS) is 20.3. The Labute approximate surface area is 112 Å². The Morgan fingerprint density at radius 2 is 1.94 bits per heavy atom. The molecular weight excluding hydrogens is 222 g/mol. The lowest BCUT2D eigenvalue weighted by atomic mass is 10.00. The van der Waals surface area contributed by atoms with Gasteiger partial charge in [0, 0.05) is 12.6 Å². The summed E-state index contributed by atoms with van der Waals surface area (Å²) in [4.78, 5) is 2.58. The van der Waals surface area contributed by atoms with Crippen LogP contribution in [0.1, 0.15) is 59.3 Å². The number of hydrogen-bond acceptors (Lipinski definition) is 3. The molecule has 1 aliphatic rings. The van der Waals surface area contributed by atoms with Crippen LogP contribution in [-0.2, 0) is 0 Å². The molecular formula is C15H29N3. The fourth-order valence-electron chi connectivity index (χ4n) is 2.60. The molecule has 0 amide bonds. The van der Waals surface area contributed by atoms with Gasteiger partial charge in [-0.05, 0) is 45.1 Å². The molecule has 0 spiro atoms. The van der Waals surface area contributed by atoms with E-state index >= 15 is 0 Å². The molecule has 1 fully saturated rings. The van der Waals surface area contributed by atoms with Crippen molar-refractivity contribution < 1.29 is 0 Å². The zero-order chi connectivity index (χ0) is 13.6. The smallest absolute Gasteiger partial charge is 0.102 e. The summed E-state index contributed by atoms with van der Waals surface area (Å²) < 4.78 is 0. The number of nitriles is 1. The number of nitrogens with zero attached hydrogens (tertiary/aromatic N) is 2. The Morgan fingerprint density at radius 1 is 1.33 bits per heavy atom. The maximum atomic E-state index is 9.00. The third-order valence-corrected chi connectivity index (χ3v) is 4.01. The molecule has 0 heterocycles. The van der Waals surface area contributed by atoms with Crippen LogP contribution in [0, 0.1) is 17.2 Å². The maximum Gasteiger partial charge on any atom is 0.102 e. The zero-order valence-electron chi connectivity index (χ0n) is 12.3. The molecule has 1 unspecified atom stereocenters. The van der Waals surface area contributed by atoms with E-state index in [-0.39, 0.29) is 0 Å².